The summed E-state index contributed by atoms with van der Waals surface area (Å²) in [5, 5.41) is 0.701. The van der Waals surface area contributed by atoms with Crippen molar-refractivity contribution in [1.29, 1.82) is 0 Å². The van der Waals surface area contributed by atoms with Crippen LogP contribution in [0.15, 0.2) is 41.3 Å². The highest BCUT2D eigenvalue weighted by molar-refractivity contribution is 7.22. The molecule has 0 aliphatic carbocycles. The Morgan fingerprint density at radius 3 is 2.68 bits per heavy atom. The third-order valence-corrected chi connectivity index (χ3v) is 6.74. The number of fused-ring (bicyclic) bond motifs is 1. The Balaban J connectivity index is 1.61. The highest BCUT2D eigenvalue weighted by Crippen LogP contribution is 2.37. The summed E-state index contributed by atoms with van der Waals surface area (Å²) in [6.45, 7) is 2.89. The molecule has 4 heterocycles. The smallest absolute Gasteiger partial charge is 0.247 e. The first kappa shape index (κ1) is 22.4. The normalized spacial score (nSPS) is 18.4. The molecule has 4 aromatic rings. The lowest BCUT2D eigenvalue weighted by Crippen LogP contribution is -2.43. The molecule has 5 rings (SSSR count). The van der Waals surface area contributed by atoms with Crippen LogP contribution >= 0.6 is 11.3 Å². The summed E-state index contributed by atoms with van der Waals surface area (Å²) in [5.74, 6) is -0.977. The number of thiazole rings is 1. The summed E-state index contributed by atoms with van der Waals surface area (Å²) in [5.41, 5.74) is 1.62. The van der Waals surface area contributed by atoms with E-state index in [1.807, 2.05) is 30.8 Å². The first-order chi connectivity index (χ1) is 16.3. The molecule has 1 saturated heterocycles. The number of aromatic nitrogens is 4. The predicted molar refractivity (Wildman–Crippen MR) is 127 cm³/mol. The fourth-order valence-corrected chi connectivity index (χ4v) is 4.85. The molecular weight excluding hydrogens is 462 g/mol. The molecule has 1 aromatic carbocycles. The van der Waals surface area contributed by atoms with Gasteiger partial charge in [0.25, 0.3) is 0 Å². The predicted octanol–water partition coefficient (Wildman–Crippen LogP) is 3.75. The Bertz CT molecular complexity index is 1400. The molecule has 0 spiro atoms. The van der Waals surface area contributed by atoms with Crippen molar-refractivity contribution >= 4 is 32.8 Å². The van der Waals surface area contributed by atoms with Crippen molar-refractivity contribution in [3.8, 4) is 11.3 Å². The summed E-state index contributed by atoms with van der Waals surface area (Å²) in [6.07, 6.45) is 1.17. The molecule has 11 heteroatoms. The number of ether oxygens (including phenoxy) is 1. The average molecular weight is 485 g/mol. The summed E-state index contributed by atoms with van der Waals surface area (Å²) in [4.78, 5) is 32.0. The molecule has 1 aliphatic rings. The van der Waals surface area contributed by atoms with Gasteiger partial charge in [-0.3, -0.25) is 4.79 Å². The van der Waals surface area contributed by atoms with Gasteiger partial charge in [-0.1, -0.05) is 11.3 Å². The van der Waals surface area contributed by atoms with Crippen LogP contribution in [-0.2, 0) is 4.74 Å². The molecule has 1 fully saturated rings. The number of anilines is 2. The zero-order chi connectivity index (χ0) is 24.0. The van der Waals surface area contributed by atoms with Crippen LogP contribution in [0, 0.1) is 11.6 Å². The molecule has 0 amide bonds. The Kier molecular flexibility index (Phi) is 5.74. The number of aromatic amines is 1. The van der Waals surface area contributed by atoms with E-state index in [4.69, 9.17) is 9.72 Å². The van der Waals surface area contributed by atoms with Gasteiger partial charge >= 0.3 is 0 Å². The van der Waals surface area contributed by atoms with Crippen LogP contribution < -0.4 is 15.4 Å². The van der Waals surface area contributed by atoms with Gasteiger partial charge < -0.3 is 19.5 Å². The second-order valence-corrected chi connectivity index (χ2v) is 9.34. The maximum Gasteiger partial charge on any atom is 0.247 e. The summed E-state index contributed by atoms with van der Waals surface area (Å²) >= 11 is 1.35. The fourth-order valence-electron chi connectivity index (χ4n) is 3.92. The van der Waals surface area contributed by atoms with E-state index in [-0.39, 0.29) is 23.3 Å². The van der Waals surface area contributed by atoms with Gasteiger partial charge in [0.15, 0.2) is 10.8 Å². The second kappa shape index (κ2) is 8.73. The van der Waals surface area contributed by atoms with E-state index in [1.54, 1.807) is 12.3 Å². The number of hydrogen-bond acceptors (Lipinski definition) is 8. The number of halogens is 2. The van der Waals surface area contributed by atoms with Crippen LogP contribution in [0.25, 0.3) is 21.6 Å². The largest absolute Gasteiger partial charge is 0.367 e. The van der Waals surface area contributed by atoms with E-state index in [0.717, 1.165) is 11.6 Å². The third-order valence-electron chi connectivity index (χ3n) is 5.52. The zero-order valence-corrected chi connectivity index (χ0v) is 19.6. The van der Waals surface area contributed by atoms with Crippen molar-refractivity contribution in [3.63, 3.8) is 0 Å². The lowest BCUT2D eigenvalue weighted by molar-refractivity contribution is -0.0180. The van der Waals surface area contributed by atoms with Crippen LogP contribution in [0.5, 0.6) is 0 Å². The van der Waals surface area contributed by atoms with Gasteiger partial charge in [-0.05, 0) is 30.7 Å². The van der Waals surface area contributed by atoms with E-state index < -0.39 is 11.6 Å². The maximum atomic E-state index is 14.8. The maximum absolute atomic E-state index is 14.8. The molecule has 1 aliphatic heterocycles. The van der Waals surface area contributed by atoms with Gasteiger partial charge in [0.2, 0.25) is 11.5 Å². The van der Waals surface area contributed by atoms with E-state index in [9.17, 15) is 13.6 Å². The van der Waals surface area contributed by atoms with Gasteiger partial charge in [0, 0.05) is 44.5 Å². The third kappa shape index (κ3) is 4.24. The van der Waals surface area contributed by atoms with Gasteiger partial charge in [0.1, 0.15) is 22.4 Å². The average Bonchev–Trinajstić information content (AvgIpc) is 3.23. The van der Waals surface area contributed by atoms with Crippen molar-refractivity contribution in [2.24, 2.45) is 0 Å². The van der Waals surface area contributed by atoms with Gasteiger partial charge in [0.05, 0.1) is 18.3 Å². The van der Waals surface area contributed by atoms with Crippen molar-refractivity contribution in [1.82, 2.24) is 19.9 Å². The van der Waals surface area contributed by atoms with Crippen molar-refractivity contribution in [2.45, 2.75) is 19.1 Å². The molecule has 176 valence electrons. The fraction of sp³-hybridized carbons (Fsp3) is 0.304. The van der Waals surface area contributed by atoms with Crippen LogP contribution in [0.1, 0.15) is 18.6 Å². The summed E-state index contributed by atoms with van der Waals surface area (Å²) in [6, 6.07) is 6.63. The van der Waals surface area contributed by atoms with Gasteiger partial charge in [-0.2, -0.15) is 9.97 Å². The molecule has 1 N–H and O–H groups in total. The van der Waals surface area contributed by atoms with Crippen molar-refractivity contribution in [2.75, 3.05) is 37.0 Å². The standard InChI is InChI=1S/C23H22F2N6O2S/c1-12-10-31(11-17(33-12)13-4-7-18(32)26-9-13)22-27-19(15-6-5-14(24)8-16(15)25)20-21(28-22)29-23(34-20)30(2)3/h4-9,12,17H,10-11H2,1-3H3,(H,26,32). The van der Waals surface area contributed by atoms with Crippen molar-refractivity contribution < 1.29 is 13.5 Å². The number of rotatable bonds is 4. The summed E-state index contributed by atoms with van der Waals surface area (Å²) < 4.78 is 35.1. The molecule has 0 saturated carbocycles. The first-order valence-corrected chi connectivity index (χ1v) is 11.5. The molecule has 2 atom stereocenters. The van der Waals surface area contributed by atoms with Crippen LogP contribution in [-0.4, -0.2) is 53.2 Å². The van der Waals surface area contributed by atoms with Crippen molar-refractivity contribution in [3.05, 3.63) is 64.1 Å². The van der Waals surface area contributed by atoms with Gasteiger partial charge in [-0.25, -0.2) is 13.8 Å². The Morgan fingerprint density at radius 2 is 1.97 bits per heavy atom. The number of pyridine rings is 1. The summed E-state index contributed by atoms with van der Waals surface area (Å²) in [7, 11) is 3.73. The molecule has 0 radical (unpaired) electrons. The lowest BCUT2D eigenvalue weighted by Gasteiger charge is -2.37. The number of morpholine rings is 1. The monoisotopic (exact) mass is 484 g/mol. The molecule has 0 bridgehead atoms. The number of nitrogens with one attached hydrogen (secondary N) is 1. The first-order valence-electron chi connectivity index (χ1n) is 10.7. The Hall–Kier alpha value is -3.44. The Labute approximate surface area is 197 Å². The number of nitrogens with zero attached hydrogens (tertiary/aromatic N) is 5. The van der Waals surface area contributed by atoms with E-state index in [0.29, 0.717) is 40.2 Å². The number of benzene rings is 1. The van der Waals surface area contributed by atoms with Crippen LogP contribution in [0.3, 0.4) is 0 Å². The van der Waals surface area contributed by atoms with E-state index in [1.165, 1.54) is 29.5 Å². The highest BCUT2D eigenvalue weighted by atomic mass is 32.1. The van der Waals surface area contributed by atoms with E-state index >= 15 is 0 Å². The molecule has 3 aromatic heterocycles. The number of hydrogen-bond donors (Lipinski definition) is 1. The zero-order valence-electron chi connectivity index (χ0n) is 18.7. The minimum atomic E-state index is -0.702. The van der Waals surface area contributed by atoms with Crippen LogP contribution in [0.4, 0.5) is 19.9 Å². The van der Waals surface area contributed by atoms with Crippen LogP contribution in [0.2, 0.25) is 0 Å². The Morgan fingerprint density at radius 1 is 1.15 bits per heavy atom. The second-order valence-electron chi connectivity index (χ2n) is 8.37. The molecular formula is C23H22F2N6O2S. The minimum Gasteiger partial charge on any atom is -0.367 e. The van der Waals surface area contributed by atoms with Gasteiger partial charge in [-0.15, -0.1) is 0 Å². The molecule has 34 heavy (non-hydrogen) atoms. The highest BCUT2D eigenvalue weighted by Gasteiger charge is 2.30. The van der Waals surface area contributed by atoms with E-state index in [2.05, 4.69) is 15.0 Å². The minimum absolute atomic E-state index is 0.149. The lowest BCUT2D eigenvalue weighted by atomic mass is 10.1. The molecule has 2 unspecified atom stereocenters. The quantitative estimate of drug-likeness (QED) is 0.472. The topological polar surface area (TPSA) is 87.2 Å². The number of H-pyrrole nitrogens is 1. The SMILES string of the molecule is CC1CN(c2nc(-c3ccc(F)cc3F)c3sc(N(C)C)nc3n2)CC(c2ccc(=O)[nH]c2)O1. The molecule has 8 nitrogen and oxygen atoms in total.